The van der Waals surface area contributed by atoms with Gasteiger partial charge in [-0.15, -0.1) is 0 Å². The zero-order chi connectivity index (χ0) is 13.3. The lowest BCUT2D eigenvalue weighted by Crippen LogP contribution is -2.26. The average Bonchev–Trinajstić information content (AvgIpc) is 2.30. The molecule has 1 fully saturated rings. The number of hydrogen-bond acceptors (Lipinski definition) is 1. The zero-order valence-corrected chi connectivity index (χ0v) is 13.0. The van der Waals surface area contributed by atoms with Crippen molar-refractivity contribution in [3.05, 3.63) is 33.8 Å². The molecule has 2 unspecified atom stereocenters. The van der Waals surface area contributed by atoms with Gasteiger partial charge in [0, 0.05) is 16.0 Å². The average molecular weight is 309 g/mol. The van der Waals surface area contributed by atoms with E-state index in [0.717, 1.165) is 28.4 Å². The SMILES string of the molecule is Cc1ccc(Br)cc1C(=O)C1CC(C)CC(C)C1. The fourth-order valence-corrected chi connectivity index (χ4v) is 3.60. The Morgan fingerprint density at radius 2 is 1.78 bits per heavy atom. The summed E-state index contributed by atoms with van der Waals surface area (Å²) >= 11 is 3.46. The van der Waals surface area contributed by atoms with Gasteiger partial charge in [-0.2, -0.15) is 0 Å². The summed E-state index contributed by atoms with van der Waals surface area (Å²) in [6, 6.07) is 5.99. The summed E-state index contributed by atoms with van der Waals surface area (Å²) < 4.78 is 0.994. The van der Waals surface area contributed by atoms with Crippen molar-refractivity contribution in [2.75, 3.05) is 0 Å². The number of aryl methyl sites for hydroxylation is 1. The number of carbonyl (C=O) groups excluding carboxylic acids is 1. The van der Waals surface area contributed by atoms with Crippen molar-refractivity contribution in [2.24, 2.45) is 17.8 Å². The lowest BCUT2D eigenvalue weighted by atomic mass is 9.73. The van der Waals surface area contributed by atoms with Crippen LogP contribution in [-0.4, -0.2) is 5.78 Å². The van der Waals surface area contributed by atoms with Crippen LogP contribution in [0.25, 0.3) is 0 Å². The van der Waals surface area contributed by atoms with Crippen LogP contribution in [-0.2, 0) is 0 Å². The number of Topliss-reactive ketones (excluding diaryl/α,β-unsaturated/α-hetero) is 1. The molecular weight excluding hydrogens is 288 g/mol. The smallest absolute Gasteiger partial charge is 0.166 e. The van der Waals surface area contributed by atoms with Crippen LogP contribution >= 0.6 is 15.9 Å². The van der Waals surface area contributed by atoms with Crippen LogP contribution in [0.2, 0.25) is 0 Å². The molecule has 1 aliphatic rings. The molecule has 0 radical (unpaired) electrons. The molecule has 1 aromatic carbocycles. The summed E-state index contributed by atoms with van der Waals surface area (Å²) in [5.41, 5.74) is 1.99. The Kier molecular flexibility index (Phi) is 4.26. The Balaban J connectivity index is 2.22. The zero-order valence-electron chi connectivity index (χ0n) is 11.4. The minimum Gasteiger partial charge on any atom is -0.294 e. The molecule has 0 saturated heterocycles. The Bertz CT molecular complexity index is 442. The summed E-state index contributed by atoms with van der Waals surface area (Å²) in [5.74, 6) is 1.91. The largest absolute Gasteiger partial charge is 0.294 e. The van der Waals surface area contributed by atoms with Gasteiger partial charge in [0.2, 0.25) is 0 Å². The van der Waals surface area contributed by atoms with E-state index in [-0.39, 0.29) is 5.92 Å². The van der Waals surface area contributed by atoms with E-state index in [2.05, 4.69) is 29.8 Å². The second-order valence-electron chi connectivity index (χ2n) is 5.94. The molecule has 2 heteroatoms. The van der Waals surface area contributed by atoms with E-state index in [9.17, 15) is 4.79 Å². The van der Waals surface area contributed by atoms with Gasteiger partial charge in [0.1, 0.15) is 0 Å². The van der Waals surface area contributed by atoms with Gasteiger partial charge in [0.05, 0.1) is 0 Å². The molecule has 18 heavy (non-hydrogen) atoms. The first-order valence-electron chi connectivity index (χ1n) is 6.77. The van der Waals surface area contributed by atoms with Crippen molar-refractivity contribution in [3.8, 4) is 0 Å². The summed E-state index contributed by atoms with van der Waals surface area (Å²) in [5, 5.41) is 0. The van der Waals surface area contributed by atoms with E-state index < -0.39 is 0 Å². The van der Waals surface area contributed by atoms with Crippen LogP contribution in [0.15, 0.2) is 22.7 Å². The molecule has 98 valence electrons. The van der Waals surface area contributed by atoms with Gasteiger partial charge in [0.25, 0.3) is 0 Å². The highest BCUT2D eigenvalue weighted by Gasteiger charge is 2.30. The Hall–Kier alpha value is -0.630. The van der Waals surface area contributed by atoms with Crippen molar-refractivity contribution in [2.45, 2.75) is 40.0 Å². The minimum atomic E-state index is 0.219. The monoisotopic (exact) mass is 308 g/mol. The molecule has 0 bridgehead atoms. The third kappa shape index (κ3) is 3.03. The molecule has 0 amide bonds. The molecule has 1 saturated carbocycles. The van der Waals surface area contributed by atoms with Crippen molar-refractivity contribution >= 4 is 21.7 Å². The van der Waals surface area contributed by atoms with E-state index in [0.29, 0.717) is 17.6 Å². The van der Waals surface area contributed by atoms with Crippen LogP contribution in [0.3, 0.4) is 0 Å². The van der Waals surface area contributed by atoms with Gasteiger partial charge in [-0.1, -0.05) is 35.8 Å². The molecular formula is C16H21BrO. The fraction of sp³-hybridized carbons (Fsp3) is 0.562. The quantitative estimate of drug-likeness (QED) is 0.702. The lowest BCUT2D eigenvalue weighted by molar-refractivity contribution is 0.0835. The predicted molar refractivity (Wildman–Crippen MR) is 78.9 cm³/mol. The van der Waals surface area contributed by atoms with Gasteiger partial charge < -0.3 is 0 Å². The van der Waals surface area contributed by atoms with Crippen LogP contribution in [0.4, 0.5) is 0 Å². The summed E-state index contributed by atoms with van der Waals surface area (Å²) in [6.07, 6.45) is 3.37. The van der Waals surface area contributed by atoms with Crippen molar-refractivity contribution in [1.82, 2.24) is 0 Å². The standard InChI is InChI=1S/C16H21BrO/c1-10-6-11(2)8-13(7-10)16(18)15-9-14(17)5-4-12(15)3/h4-5,9-11,13H,6-8H2,1-3H3. The van der Waals surface area contributed by atoms with Gasteiger partial charge in [-0.05, 0) is 55.7 Å². The van der Waals surface area contributed by atoms with Crippen molar-refractivity contribution in [3.63, 3.8) is 0 Å². The minimum absolute atomic E-state index is 0.219. The molecule has 1 aromatic rings. The highest BCUT2D eigenvalue weighted by molar-refractivity contribution is 9.10. The number of carbonyl (C=O) groups is 1. The molecule has 0 spiro atoms. The first-order chi connectivity index (χ1) is 8.47. The molecule has 0 aromatic heterocycles. The third-order valence-electron chi connectivity index (χ3n) is 4.01. The molecule has 2 rings (SSSR count). The van der Waals surface area contributed by atoms with Crippen LogP contribution in [0, 0.1) is 24.7 Å². The number of hydrogen-bond donors (Lipinski definition) is 0. The highest BCUT2D eigenvalue weighted by atomic mass is 79.9. The van der Waals surface area contributed by atoms with Crippen LogP contribution < -0.4 is 0 Å². The Morgan fingerprint density at radius 3 is 2.39 bits per heavy atom. The Labute approximate surface area is 118 Å². The maximum absolute atomic E-state index is 12.6. The first kappa shape index (κ1) is 13.8. The molecule has 0 N–H and O–H groups in total. The maximum Gasteiger partial charge on any atom is 0.166 e. The number of rotatable bonds is 2. The van der Waals surface area contributed by atoms with Crippen LogP contribution in [0.5, 0.6) is 0 Å². The molecule has 0 aliphatic heterocycles. The summed E-state index contributed by atoms with van der Waals surface area (Å²) in [6.45, 7) is 6.56. The molecule has 2 atom stereocenters. The van der Waals surface area contributed by atoms with Gasteiger partial charge in [0.15, 0.2) is 5.78 Å². The molecule has 1 nitrogen and oxygen atoms in total. The van der Waals surface area contributed by atoms with Gasteiger partial charge >= 0.3 is 0 Å². The summed E-state index contributed by atoms with van der Waals surface area (Å²) in [4.78, 5) is 12.6. The highest BCUT2D eigenvalue weighted by Crippen LogP contribution is 2.35. The van der Waals surface area contributed by atoms with Gasteiger partial charge in [-0.3, -0.25) is 4.79 Å². The lowest BCUT2D eigenvalue weighted by Gasteiger charge is -2.30. The second kappa shape index (κ2) is 5.56. The fourth-order valence-electron chi connectivity index (χ4n) is 3.24. The van der Waals surface area contributed by atoms with E-state index in [1.54, 1.807) is 0 Å². The topological polar surface area (TPSA) is 17.1 Å². The van der Waals surface area contributed by atoms with Crippen LogP contribution in [0.1, 0.15) is 49.0 Å². The maximum atomic E-state index is 12.6. The summed E-state index contributed by atoms with van der Waals surface area (Å²) in [7, 11) is 0. The normalized spacial score (nSPS) is 28.1. The predicted octanol–water partition coefficient (Wildman–Crippen LogP) is 5.01. The number of ketones is 1. The first-order valence-corrected chi connectivity index (χ1v) is 7.57. The van der Waals surface area contributed by atoms with E-state index in [1.807, 2.05) is 25.1 Å². The second-order valence-corrected chi connectivity index (χ2v) is 6.85. The van der Waals surface area contributed by atoms with Crippen molar-refractivity contribution < 1.29 is 4.79 Å². The number of halogens is 1. The van der Waals surface area contributed by atoms with E-state index >= 15 is 0 Å². The van der Waals surface area contributed by atoms with Gasteiger partial charge in [-0.25, -0.2) is 0 Å². The molecule has 1 aliphatic carbocycles. The third-order valence-corrected chi connectivity index (χ3v) is 4.51. The van der Waals surface area contributed by atoms with E-state index in [4.69, 9.17) is 0 Å². The van der Waals surface area contributed by atoms with E-state index in [1.165, 1.54) is 6.42 Å². The number of benzene rings is 1. The Morgan fingerprint density at radius 1 is 1.17 bits per heavy atom. The van der Waals surface area contributed by atoms with Crippen molar-refractivity contribution in [1.29, 1.82) is 0 Å². The molecule has 0 heterocycles.